The molecular formula is C59H96O41S2. The van der Waals surface area contributed by atoms with Crippen molar-refractivity contribution >= 4 is 47.0 Å². The number of carboxylic acids is 2. The molecule has 21 aliphatic rings. The van der Waals surface area contributed by atoms with Crippen molar-refractivity contribution in [1.29, 1.82) is 0 Å². The van der Waals surface area contributed by atoms with Crippen LogP contribution in [0.3, 0.4) is 0 Å². The summed E-state index contributed by atoms with van der Waals surface area (Å²) in [4.78, 5) is 48.9. The number of hydrogen-bond acceptors (Lipinski definition) is 41. The summed E-state index contributed by atoms with van der Waals surface area (Å²) in [5.41, 5.74) is 0. The fourth-order valence-corrected chi connectivity index (χ4v) is 14.9. The van der Waals surface area contributed by atoms with E-state index in [0.29, 0.717) is 0 Å². The molecule has 16 unspecified atom stereocenters. The second kappa shape index (κ2) is 39.3. The molecule has 41 nitrogen and oxygen atoms in total. The van der Waals surface area contributed by atoms with Gasteiger partial charge in [-0.3, -0.25) is 19.2 Å². The second-order valence-electron chi connectivity index (χ2n) is 25.6. The van der Waals surface area contributed by atoms with E-state index in [-0.39, 0.29) is 57.2 Å². The lowest BCUT2D eigenvalue weighted by Crippen LogP contribution is -2.68. The third kappa shape index (κ3) is 20.3. The van der Waals surface area contributed by atoms with Crippen LogP contribution in [0.25, 0.3) is 0 Å². The molecular weight excluding hydrogens is 1430 g/mol. The highest BCUT2D eigenvalue weighted by atomic mass is 32.2. The smallest absolute Gasteiger partial charge is 0.316 e. The zero-order chi connectivity index (χ0) is 74.7. The summed E-state index contributed by atoms with van der Waals surface area (Å²) in [7, 11) is 0. The number of aliphatic hydroxyl groups excluding tert-OH is 19. The Morgan fingerprint density at radius 1 is 0.353 bits per heavy atom. The summed E-state index contributed by atoms with van der Waals surface area (Å²) in [6, 6.07) is 0. The maximum absolute atomic E-state index is 13.0. The number of carboxylic acid groups (broad SMARTS) is 2. The van der Waals surface area contributed by atoms with Crippen LogP contribution in [0, 0.1) is 5.92 Å². The van der Waals surface area contributed by atoms with Crippen LogP contribution in [0.2, 0.25) is 0 Å². The number of rotatable bonds is 26. The lowest BCUT2D eigenvalue weighted by molar-refractivity contribution is -0.395. The summed E-state index contributed by atoms with van der Waals surface area (Å²) < 4.78 is 93.2. The first-order valence-electron chi connectivity index (χ1n) is 33.1. The molecule has 43 heteroatoms. The van der Waals surface area contributed by atoms with Gasteiger partial charge in [0.25, 0.3) is 0 Å². The predicted molar refractivity (Wildman–Crippen MR) is 328 cm³/mol. The Hall–Kier alpha value is -2.42. The van der Waals surface area contributed by atoms with E-state index < -0.39 is 295 Å². The van der Waals surface area contributed by atoms with E-state index >= 15 is 0 Å². The molecule has 0 radical (unpaired) electrons. The van der Waals surface area contributed by atoms with Crippen LogP contribution in [-0.4, -0.2) is 428 Å². The number of aliphatic carboxylic acids is 2. The van der Waals surface area contributed by atoms with Gasteiger partial charge in [0.1, 0.15) is 176 Å². The van der Waals surface area contributed by atoms with Gasteiger partial charge < -0.3 is 183 Å². The number of Topliss-reactive ketones (excluding diaryl/α,β-unsaturated/α-hetero) is 2. The van der Waals surface area contributed by atoms with Crippen LogP contribution in [0.4, 0.5) is 0 Å². The van der Waals surface area contributed by atoms with Crippen LogP contribution in [0.1, 0.15) is 39.5 Å². The molecule has 37 atom stereocenters. The first kappa shape index (κ1) is 85.2. The summed E-state index contributed by atoms with van der Waals surface area (Å²) >= 11 is 1.52. The van der Waals surface area contributed by atoms with E-state index in [4.69, 9.17) is 75.8 Å². The van der Waals surface area contributed by atoms with Crippen LogP contribution < -0.4 is 0 Å². The molecule has 21 heterocycles. The van der Waals surface area contributed by atoms with Crippen molar-refractivity contribution in [3.63, 3.8) is 0 Å². The summed E-state index contributed by atoms with van der Waals surface area (Å²) in [5, 5.41) is 236. The van der Waals surface area contributed by atoms with E-state index in [1.807, 2.05) is 0 Å². The average Bonchev–Trinajstić information content (AvgIpc) is 0.779. The Morgan fingerprint density at radius 2 is 0.618 bits per heavy atom. The molecule has 102 heavy (non-hydrogen) atoms. The molecule has 14 bridgehead atoms. The van der Waals surface area contributed by atoms with E-state index in [1.54, 1.807) is 0 Å². The maximum Gasteiger partial charge on any atom is 0.316 e. The standard InChI is InChI=1S/C59H96O41S2/c1-3-29(52(83)84)102-18-28-50-36(73)43(80)59(93-28)98-48-26(15-64)89-55(39(76)32(48)69)94-44-22(11-60)87-53(37(74)30(44)67)95-45-23(12-61)90-56(40(77)33(45)70)99-49-27(17-101-16-20(51(81)82)10-21(66)5-7-86-9-8-85-6-4-19(2)65)92-58(42(79)35(49)72)97-47-25(14-63)88-54(38(75)31(47)68)96-46-24(13-62)91-57(100-50)41(78)34(46)71/h20,22-50,53-64,67-80H,3-18H2,1-2H3,(H,81,82)(H,83,84)/t20?,22?,23?,24?,25?,26?,27?,28?,29?,30-,31-,32-,33-,34-,35-,36-,37?,38?,39?,40?,41?,42?,43?,44-,45-,46-,47-,48-,49-,50-,53-,54+,55-,56+,57+,58-,59+/m1/s1. The quantitative estimate of drug-likeness (QED) is 0.0358. The lowest BCUT2D eigenvalue weighted by Gasteiger charge is -2.50. The Kier molecular flexibility index (Phi) is 32.8. The zero-order valence-electron chi connectivity index (χ0n) is 55.0. The van der Waals surface area contributed by atoms with E-state index in [2.05, 4.69) is 0 Å². The van der Waals surface area contributed by atoms with Crippen LogP contribution in [0.15, 0.2) is 0 Å². The number of carbonyl (C=O) groups is 4. The molecule has 21 N–H and O–H groups in total. The minimum Gasteiger partial charge on any atom is -0.481 e. The van der Waals surface area contributed by atoms with Gasteiger partial charge in [-0.1, -0.05) is 6.92 Å². The van der Waals surface area contributed by atoms with Crippen LogP contribution in [-0.2, 0) is 95.0 Å². The largest absolute Gasteiger partial charge is 0.481 e. The lowest BCUT2D eigenvalue weighted by atomic mass is 9.95. The molecule has 0 saturated carbocycles. The first-order chi connectivity index (χ1) is 48.5. The van der Waals surface area contributed by atoms with Gasteiger partial charge in [-0.15, -0.1) is 11.8 Å². The molecule has 21 rings (SSSR count). The summed E-state index contributed by atoms with van der Waals surface area (Å²) in [6.07, 6.45) is -73.2. The monoisotopic (exact) mass is 1520 g/mol. The van der Waals surface area contributed by atoms with Gasteiger partial charge in [-0.25, -0.2) is 0 Å². The van der Waals surface area contributed by atoms with Gasteiger partial charge in [-0.2, -0.15) is 11.8 Å². The molecule has 21 saturated heterocycles. The Bertz CT molecular complexity index is 2590. The van der Waals surface area contributed by atoms with Gasteiger partial charge in [0.2, 0.25) is 0 Å². The minimum absolute atomic E-state index is 0.0225. The average molecular weight is 1530 g/mol. The van der Waals surface area contributed by atoms with Crippen molar-refractivity contribution < 1.29 is 202 Å². The van der Waals surface area contributed by atoms with Gasteiger partial charge in [-0.05, 0) is 13.3 Å². The van der Waals surface area contributed by atoms with Gasteiger partial charge in [0, 0.05) is 36.5 Å². The minimum atomic E-state index is -2.31. The molecule has 0 aliphatic carbocycles. The van der Waals surface area contributed by atoms with Crippen molar-refractivity contribution in [2.75, 3.05) is 76.7 Å². The second-order valence-corrected chi connectivity index (χ2v) is 27.9. The van der Waals surface area contributed by atoms with E-state index in [0.717, 1.165) is 23.5 Å². The number of ether oxygens (including phenoxy) is 16. The topological polar surface area (TPSA) is 641 Å². The molecule has 590 valence electrons. The van der Waals surface area contributed by atoms with Crippen molar-refractivity contribution in [2.45, 2.75) is 260 Å². The third-order valence-corrected chi connectivity index (χ3v) is 21.1. The summed E-state index contributed by atoms with van der Waals surface area (Å²) in [6.45, 7) is -2.38. The van der Waals surface area contributed by atoms with Crippen molar-refractivity contribution in [3.05, 3.63) is 0 Å². The van der Waals surface area contributed by atoms with Crippen molar-refractivity contribution in [1.82, 2.24) is 0 Å². The maximum atomic E-state index is 13.0. The van der Waals surface area contributed by atoms with Gasteiger partial charge >= 0.3 is 11.9 Å². The fraction of sp³-hybridized carbons (Fsp3) is 0.932. The number of thioether (sulfide) groups is 2. The normalized spacial score (nSPS) is 45.2. The van der Waals surface area contributed by atoms with Crippen LogP contribution >= 0.6 is 23.5 Å². The zero-order valence-corrected chi connectivity index (χ0v) is 56.7. The Balaban J connectivity index is 1.08. The number of aliphatic hydroxyl groups is 19. The SMILES string of the molecule is CCC(SCC1O[C@H]2O[C@@H]3C(CO)O[C@H](O[C@@H]4C(CO)O[C@H](O[C@@H]5C(CO)O[C@@H](O[C@@H]6C(CSCC(CC(=O)CCOCCOCCC(C)=O)C(=O)O)O[C@H](O[C@@H]7C(CO)O[C@@H](O[C@@H]8C(CO)O[C@@H](O[C@H]1[C@H](O)C2O)C(O)[C@H]8O)C(O)[C@H]7O)C(O)[C@H]6O)C(O)[C@H]5O)C(O)[C@H]4O)C(O)[C@H]3O)C(=O)O. The molecule has 0 aromatic heterocycles. The highest BCUT2D eigenvalue weighted by molar-refractivity contribution is 8.00. The first-order valence-corrected chi connectivity index (χ1v) is 35.3. The molecule has 0 spiro atoms. The van der Waals surface area contributed by atoms with Gasteiger partial charge in [0.05, 0.1) is 77.6 Å². The molecule has 0 amide bonds. The third-order valence-electron chi connectivity index (χ3n) is 18.5. The fourth-order valence-electron chi connectivity index (χ4n) is 12.6. The van der Waals surface area contributed by atoms with E-state index in [9.17, 15) is 126 Å². The highest BCUT2D eigenvalue weighted by Gasteiger charge is 2.60. The summed E-state index contributed by atoms with van der Waals surface area (Å²) in [5.74, 6) is -5.98. The predicted octanol–water partition coefficient (Wildman–Crippen LogP) is -11.8. The van der Waals surface area contributed by atoms with E-state index in [1.165, 1.54) is 13.8 Å². The highest BCUT2D eigenvalue weighted by Crippen LogP contribution is 2.40. The van der Waals surface area contributed by atoms with Crippen LogP contribution in [0.5, 0.6) is 0 Å². The Labute approximate surface area is 589 Å². The molecule has 21 aliphatic heterocycles. The molecule has 21 fully saturated rings. The van der Waals surface area contributed by atoms with Crippen molar-refractivity contribution in [3.8, 4) is 0 Å². The molecule has 0 aromatic carbocycles. The number of ketones is 2. The molecule has 0 aromatic rings. The number of carbonyl (C=O) groups excluding carboxylic acids is 2. The van der Waals surface area contributed by atoms with Crippen molar-refractivity contribution in [2.24, 2.45) is 5.92 Å². The number of hydrogen-bond donors (Lipinski definition) is 21. The van der Waals surface area contributed by atoms with Gasteiger partial charge in [0.15, 0.2) is 44.0 Å². The Morgan fingerprint density at radius 3 is 0.873 bits per heavy atom.